The van der Waals surface area contributed by atoms with Gasteiger partial charge in [0.15, 0.2) is 0 Å². The van der Waals surface area contributed by atoms with Gasteiger partial charge < -0.3 is 4.74 Å². The van der Waals surface area contributed by atoms with Crippen LogP contribution in [0.15, 0.2) is 24.3 Å². The number of fused-ring (bicyclic) bond motifs is 2. The molecule has 0 radical (unpaired) electrons. The number of esters is 1. The van der Waals surface area contributed by atoms with Crippen LogP contribution in [-0.2, 0) is 20.2 Å². The van der Waals surface area contributed by atoms with Crippen molar-refractivity contribution in [1.29, 1.82) is 0 Å². The van der Waals surface area contributed by atoms with E-state index in [1.54, 1.807) is 0 Å². The lowest BCUT2D eigenvalue weighted by molar-refractivity contribution is -0.146. The fourth-order valence-electron chi connectivity index (χ4n) is 3.24. The van der Waals surface area contributed by atoms with Crippen molar-refractivity contribution in [1.82, 2.24) is 4.90 Å². The highest BCUT2D eigenvalue weighted by Crippen LogP contribution is 2.57. The van der Waals surface area contributed by atoms with Crippen LogP contribution in [0, 0.1) is 5.92 Å². The van der Waals surface area contributed by atoms with E-state index >= 15 is 0 Å². The van der Waals surface area contributed by atoms with Crippen LogP contribution in [0.5, 0.6) is 0 Å². The number of likely N-dealkylation sites (tertiary alicyclic amines) is 1. The maximum absolute atomic E-state index is 12.1. The molecule has 2 aliphatic rings. The molecule has 0 aromatic heterocycles. The molecule has 1 aromatic rings. The first-order chi connectivity index (χ1) is 8.70. The number of hydrogen-bond acceptors (Lipinski definition) is 4. The Hall–Kier alpha value is -1.00. The summed E-state index contributed by atoms with van der Waals surface area (Å²) in [5.74, 6) is 0.846. The predicted octanol–water partition coefficient (Wildman–Crippen LogP) is 2.21. The lowest BCUT2D eigenvalue weighted by atomic mass is 9.90. The second-order valence-corrected chi connectivity index (χ2v) is 6.13. The Bertz CT molecular complexity index is 490. The van der Waals surface area contributed by atoms with E-state index in [0.717, 1.165) is 18.7 Å². The third-order valence-electron chi connectivity index (χ3n) is 4.13. The third-order valence-corrected chi connectivity index (χ3v) is 5.84. The van der Waals surface area contributed by atoms with E-state index in [-0.39, 0.29) is 16.8 Å². The van der Waals surface area contributed by atoms with Crippen LogP contribution in [0.3, 0.4) is 0 Å². The molecular weight excluding hydrogens is 246 g/mol. The zero-order valence-corrected chi connectivity index (χ0v) is 11.5. The molecule has 1 saturated heterocycles. The molecule has 1 aromatic carbocycles. The Kier molecular flexibility index (Phi) is 2.87. The third kappa shape index (κ3) is 1.45. The van der Waals surface area contributed by atoms with E-state index in [0.29, 0.717) is 0 Å². The Balaban J connectivity index is 2.10. The minimum absolute atomic E-state index is 0.0545. The van der Waals surface area contributed by atoms with Gasteiger partial charge in [-0.05, 0) is 24.6 Å². The van der Waals surface area contributed by atoms with E-state index in [9.17, 15) is 4.79 Å². The van der Waals surface area contributed by atoms with Crippen molar-refractivity contribution in [2.24, 2.45) is 5.92 Å². The minimum Gasteiger partial charge on any atom is -0.469 e. The Morgan fingerprint density at radius 1 is 1.50 bits per heavy atom. The molecule has 0 bridgehead atoms. The van der Waals surface area contributed by atoms with Crippen LogP contribution in [-0.4, -0.2) is 31.6 Å². The fraction of sp³-hybridized carbons (Fsp3) is 0.500. The summed E-state index contributed by atoms with van der Waals surface area (Å²) in [6, 6.07) is 8.46. The first-order valence-corrected chi connectivity index (χ1v) is 7.20. The number of thioether (sulfide) groups is 1. The Labute approximate surface area is 111 Å². The summed E-state index contributed by atoms with van der Waals surface area (Å²) in [7, 11) is 3.60. The van der Waals surface area contributed by atoms with Crippen LogP contribution >= 0.6 is 11.8 Å². The summed E-state index contributed by atoms with van der Waals surface area (Å²) in [5.41, 5.74) is 2.65. The number of ether oxygens (including phenoxy) is 1. The number of carbonyl (C=O) groups excluding carboxylic acids is 1. The topological polar surface area (TPSA) is 29.5 Å². The van der Waals surface area contributed by atoms with Gasteiger partial charge >= 0.3 is 5.97 Å². The number of methoxy groups -OCH3 is 1. The maximum Gasteiger partial charge on any atom is 0.311 e. The van der Waals surface area contributed by atoms with Crippen LogP contribution in [0.25, 0.3) is 0 Å². The molecule has 96 valence electrons. The van der Waals surface area contributed by atoms with Crippen molar-refractivity contribution in [3.63, 3.8) is 0 Å². The van der Waals surface area contributed by atoms with Gasteiger partial charge in [0.1, 0.15) is 4.87 Å². The maximum atomic E-state index is 12.1. The zero-order valence-electron chi connectivity index (χ0n) is 10.7. The van der Waals surface area contributed by atoms with Gasteiger partial charge in [-0.3, -0.25) is 9.69 Å². The molecule has 1 spiro atoms. The summed E-state index contributed by atoms with van der Waals surface area (Å²) < 4.78 is 5.01. The van der Waals surface area contributed by atoms with Crippen LogP contribution in [0.1, 0.15) is 17.5 Å². The zero-order chi connectivity index (χ0) is 12.8. The highest BCUT2D eigenvalue weighted by atomic mass is 32.2. The first kappa shape index (κ1) is 12.1. The fourth-order valence-corrected chi connectivity index (χ4v) is 4.94. The highest BCUT2D eigenvalue weighted by molar-refractivity contribution is 7.99. The van der Waals surface area contributed by atoms with Gasteiger partial charge in [0, 0.05) is 12.3 Å². The average molecular weight is 263 g/mol. The number of carbonyl (C=O) groups is 1. The quantitative estimate of drug-likeness (QED) is 0.727. The van der Waals surface area contributed by atoms with E-state index in [4.69, 9.17) is 4.74 Å². The van der Waals surface area contributed by atoms with Gasteiger partial charge in [-0.1, -0.05) is 24.3 Å². The van der Waals surface area contributed by atoms with Gasteiger partial charge in [0.25, 0.3) is 0 Å². The summed E-state index contributed by atoms with van der Waals surface area (Å²) in [6.07, 6.45) is 0.879. The lowest BCUT2D eigenvalue weighted by Crippen LogP contribution is -2.41. The molecule has 2 atom stereocenters. The predicted molar refractivity (Wildman–Crippen MR) is 72.2 cm³/mol. The first-order valence-electron chi connectivity index (χ1n) is 6.21. The van der Waals surface area contributed by atoms with E-state index < -0.39 is 0 Å². The van der Waals surface area contributed by atoms with Gasteiger partial charge in [-0.15, -0.1) is 11.8 Å². The molecular formula is C14H17NO2S. The molecule has 0 N–H and O–H groups in total. The van der Waals surface area contributed by atoms with Crippen molar-refractivity contribution in [2.45, 2.75) is 17.0 Å². The smallest absolute Gasteiger partial charge is 0.311 e. The molecule has 0 amide bonds. The second kappa shape index (κ2) is 4.28. The van der Waals surface area contributed by atoms with E-state index in [1.807, 2.05) is 11.8 Å². The van der Waals surface area contributed by atoms with Crippen LogP contribution < -0.4 is 0 Å². The highest BCUT2D eigenvalue weighted by Gasteiger charge is 2.55. The number of hydrogen-bond donors (Lipinski definition) is 0. The molecule has 4 heteroatoms. The average Bonchev–Trinajstić information content (AvgIpc) is 2.94. The molecule has 18 heavy (non-hydrogen) atoms. The molecule has 1 unspecified atom stereocenters. The standard InChI is InChI=1S/C14H17NO2S/c1-15-8-7-12(13(16)17-2)14(15)11-6-4-3-5-10(11)9-18-14/h3-6,12H,7-9H2,1-2H3/t12?,14-/m0/s1. The lowest BCUT2D eigenvalue weighted by Gasteiger charge is -2.36. The molecule has 0 saturated carbocycles. The molecule has 2 heterocycles. The molecule has 3 rings (SSSR count). The number of benzene rings is 1. The molecule has 1 fully saturated rings. The van der Waals surface area contributed by atoms with Crippen molar-refractivity contribution in [2.75, 3.05) is 20.7 Å². The van der Waals surface area contributed by atoms with Crippen LogP contribution in [0.4, 0.5) is 0 Å². The van der Waals surface area contributed by atoms with Gasteiger partial charge in [-0.25, -0.2) is 0 Å². The Morgan fingerprint density at radius 3 is 3.06 bits per heavy atom. The largest absolute Gasteiger partial charge is 0.469 e. The van der Waals surface area contributed by atoms with Crippen molar-refractivity contribution in [3.05, 3.63) is 35.4 Å². The second-order valence-electron chi connectivity index (χ2n) is 4.93. The molecule has 0 aliphatic carbocycles. The van der Waals surface area contributed by atoms with E-state index in [2.05, 4.69) is 36.2 Å². The van der Waals surface area contributed by atoms with Crippen molar-refractivity contribution < 1.29 is 9.53 Å². The monoisotopic (exact) mass is 263 g/mol. The molecule has 2 aliphatic heterocycles. The minimum atomic E-state index is -0.205. The van der Waals surface area contributed by atoms with Gasteiger partial charge in [0.2, 0.25) is 0 Å². The van der Waals surface area contributed by atoms with E-state index in [1.165, 1.54) is 18.2 Å². The summed E-state index contributed by atoms with van der Waals surface area (Å²) >= 11 is 1.87. The van der Waals surface area contributed by atoms with Crippen LogP contribution in [0.2, 0.25) is 0 Å². The summed E-state index contributed by atoms with van der Waals surface area (Å²) in [4.78, 5) is 14.2. The number of rotatable bonds is 1. The Morgan fingerprint density at radius 2 is 2.28 bits per heavy atom. The van der Waals surface area contributed by atoms with Crippen molar-refractivity contribution in [3.8, 4) is 0 Å². The number of nitrogens with zero attached hydrogens (tertiary/aromatic N) is 1. The van der Waals surface area contributed by atoms with Gasteiger partial charge in [0.05, 0.1) is 13.0 Å². The summed E-state index contributed by atoms with van der Waals surface area (Å²) in [5, 5.41) is 0. The molecule has 3 nitrogen and oxygen atoms in total. The van der Waals surface area contributed by atoms with Gasteiger partial charge in [-0.2, -0.15) is 0 Å². The normalized spacial score (nSPS) is 30.7. The summed E-state index contributed by atoms with van der Waals surface area (Å²) in [6.45, 7) is 0.946. The van der Waals surface area contributed by atoms with Crippen molar-refractivity contribution >= 4 is 17.7 Å². The SMILES string of the molecule is COC(=O)C1CCN(C)[C@@]12SCc1ccccc12.